The molecule has 0 spiro atoms. The highest BCUT2D eigenvalue weighted by Gasteiger charge is 2.24. The average molecular weight is 463 g/mol. The first kappa shape index (κ1) is 21.8. The Morgan fingerprint density at radius 2 is 1.92 bits per heavy atom. The minimum absolute atomic E-state index is 0. The predicted molar refractivity (Wildman–Crippen MR) is 111 cm³/mol. The van der Waals surface area contributed by atoms with Gasteiger partial charge in [-0.25, -0.2) is 0 Å². The zero-order valence-electron chi connectivity index (χ0n) is 15.0. The molecule has 2 rings (SSSR count). The summed E-state index contributed by atoms with van der Waals surface area (Å²) >= 11 is 0. The van der Waals surface area contributed by atoms with Crippen LogP contribution in [0.1, 0.15) is 26.2 Å². The highest BCUT2D eigenvalue weighted by Crippen LogP contribution is 2.25. The molecular weight excluding hydrogens is 433 g/mol. The lowest BCUT2D eigenvalue weighted by Crippen LogP contribution is -2.39. The van der Waals surface area contributed by atoms with Crippen LogP contribution in [0.15, 0.2) is 29.3 Å². The van der Waals surface area contributed by atoms with Crippen molar-refractivity contribution in [3.8, 4) is 11.5 Å². The van der Waals surface area contributed by atoms with Crippen molar-refractivity contribution in [3.05, 3.63) is 24.3 Å². The summed E-state index contributed by atoms with van der Waals surface area (Å²) in [5.74, 6) is 2.69. The summed E-state index contributed by atoms with van der Waals surface area (Å²) in [5.41, 5.74) is 0. The first-order chi connectivity index (χ1) is 11.7. The van der Waals surface area contributed by atoms with E-state index in [1.807, 2.05) is 31.2 Å². The van der Waals surface area contributed by atoms with Crippen LogP contribution < -0.4 is 20.1 Å². The normalized spacial score (nSPS) is 19.9. The van der Waals surface area contributed by atoms with Crippen LogP contribution in [-0.4, -0.2) is 50.5 Å². The molecule has 1 aromatic rings. The molecule has 1 aliphatic rings. The molecule has 2 atom stereocenters. The molecule has 1 aliphatic carbocycles. The number of hydrogen-bond donors (Lipinski definition) is 3. The summed E-state index contributed by atoms with van der Waals surface area (Å²) in [4.78, 5) is 4.58. The van der Waals surface area contributed by atoms with Gasteiger partial charge >= 0.3 is 0 Å². The van der Waals surface area contributed by atoms with Gasteiger partial charge in [0.05, 0.1) is 19.8 Å². The molecule has 0 amide bonds. The van der Waals surface area contributed by atoms with Crippen molar-refractivity contribution in [3.63, 3.8) is 0 Å². The van der Waals surface area contributed by atoms with E-state index in [1.54, 1.807) is 7.11 Å². The molecule has 0 aromatic heterocycles. The topological polar surface area (TPSA) is 75.1 Å². The van der Waals surface area contributed by atoms with Crippen LogP contribution in [0.2, 0.25) is 0 Å². The second-order valence-corrected chi connectivity index (χ2v) is 5.93. The van der Waals surface area contributed by atoms with E-state index in [4.69, 9.17) is 9.47 Å². The van der Waals surface area contributed by atoms with Gasteiger partial charge in [0.2, 0.25) is 0 Å². The number of benzene rings is 1. The lowest BCUT2D eigenvalue weighted by Gasteiger charge is -2.15. The van der Waals surface area contributed by atoms with Crippen LogP contribution in [0.25, 0.3) is 0 Å². The number of halogens is 1. The molecule has 7 heteroatoms. The van der Waals surface area contributed by atoms with Crippen molar-refractivity contribution in [2.24, 2.45) is 10.9 Å². The van der Waals surface area contributed by atoms with Crippen molar-refractivity contribution in [2.75, 3.05) is 33.4 Å². The number of aliphatic hydroxyl groups excluding tert-OH is 1. The van der Waals surface area contributed by atoms with Gasteiger partial charge < -0.3 is 25.2 Å². The lowest BCUT2D eigenvalue weighted by molar-refractivity contribution is 0.136. The molecule has 1 aromatic carbocycles. The van der Waals surface area contributed by atoms with E-state index in [1.165, 1.54) is 0 Å². The molecule has 0 heterocycles. The maximum atomic E-state index is 9.87. The summed E-state index contributed by atoms with van der Waals surface area (Å²) in [7, 11) is 1.64. The number of aliphatic imine (C=N–C) groups is 1. The number of nitrogens with one attached hydrogen (secondary N) is 2. The van der Waals surface area contributed by atoms with E-state index in [2.05, 4.69) is 15.6 Å². The van der Waals surface area contributed by atoms with Gasteiger partial charge in [0.25, 0.3) is 0 Å². The third-order valence-corrected chi connectivity index (χ3v) is 4.17. The van der Waals surface area contributed by atoms with Crippen LogP contribution in [0.5, 0.6) is 11.5 Å². The zero-order valence-corrected chi connectivity index (χ0v) is 17.4. The Morgan fingerprint density at radius 1 is 1.20 bits per heavy atom. The first-order valence-electron chi connectivity index (χ1n) is 8.70. The summed E-state index contributed by atoms with van der Waals surface area (Å²) in [6, 6.07) is 7.53. The third kappa shape index (κ3) is 7.68. The summed E-state index contributed by atoms with van der Waals surface area (Å²) in [5, 5.41) is 16.4. The van der Waals surface area contributed by atoms with Gasteiger partial charge in [0.15, 0.2) is 5.96 Å². The Kier molecular flexibility index (Phi) is 10.6. The Morgan fingerprint density at radius 3 is 2.52 bits per heavy atom. The van der Waals surface area contributed by atoms with Crippen molar-refractivity contribution in [1.82, 2.24) is 10.6 Å². The van der Waals surface area contributed by atoms with Crippen LogP contribution in [0, 0.1) is 5.92 Å². The first-order valence-corrected chi connectivity index (χ1v) is 8.70. The maximum absolute atomic E-state index is 9.87. The van der Waals surface area contributed by atoms with Crippen LogP contribution in [0.3, 0.4) is 0 Å². The van der Waals surface area contributed by atoms with Crippen LogP contribution in [0.4, 0.5) is 0 Å². The Hall–Kier alpha value is -1.22. The molecule has 142 valence electrons. The van der Waals surface area contributed by atoms with Gasteiger partial charge in [-0.05, 0) is 44.0 Å². The van der Waals surface area contributed by atoms with Crippen molar-refractivity contribution in [1.29, 1.82) is 0 Å². The molecule has 25 heavy (non-hydrogen) atoms. The van der Waals surface area contributed by atoms with Crippen molar-refractivity contribution >= 4 is 29.9 Å². The van der Waals surface area contributed by atoms with Gasteiger partial charge in [0, 0.05) is 19.0 Å². The minimum Gasteiger partial charge on any atom is -0.497 e. The van der Waals surface area contributed by atoms with Crippen LogP contribution >= 0.6 is 24.0 Å². The van der Waals surface area contributed by atoms with E-state index in [-0.39, 0.29) is 36.0 Å². The summed E-state index contributed by atoms with van der Waals surface area (Å²) in [6.07, 6.45) is 2.86. The molecule has 0 bridgehead atoms. The van der Waals surface area contributed by atoms with Crippen molar-refractivity contribution < 1.29 is 14.6 Å². The lowest BCUT2D eigenvalue weighted by atomic mass is 10.1. The zero-order chi connectivity index (χ0) is 17.2. The number of nitrogens with zero attached hydrogens (tertiary/aromatic N) is 1. The second kappa shape index (κ2) is 12.2. The van der Waals surface area contributed by atoms with Gasteiger partial charge in [0.1, 0.15) is 18.1 Å². The van der Waals surface area contributed by atoms with E-state index in [0.717, 1.165) is 43.3 Å². The molecule has 1 fully saturated rings. The predicted octanol–water partition coefficient (Wildman–Crippen LogP) is 2.41. The SMILES string of the molecule is CCNC(=NCC1CCCC1O)NCCOc1ccc(OC)cc1.I. The molecular formula is C18H30IN3O3. The second-order valence-electron chi connectivity index (χ2n) is 5.93. The molecule has 3 N–H and O–H groups in total. The maximum Gasteiger partial charge on any atom is 0.191 e. The molecule has 2 unspecified atom stereocenters. The van der Waals surface area contributed by atoms with Crippen molar-refractivity contribution in [2.45, 2.75) is 32.3 Å². The fourth-order valence-corrected chi connectivity index (χ4v) is 2.79. The standard InChI is InChI=1S/C18H29N3O3.HI/c1-3-19-18(21-13-14-5-4-6-17(14)22)20-11-12-24-16-9-7-15(23-2)8-10-16;/h7-10,14,17,22H,3-6,11-13H2,1-2H3,(H2,19,20,21);1H. The minimum atomic E-state index is -0.199. The van der Waals surface area contributed by atoms with Gasteiger partial charge in [-0.2, -0.15) is 0 Å². The summed E-state index contributed by atoms with van der Waals surface area (Å²) < 4.78 is 10.8. The molecule has 0 saturated heterocycles. The number of ether oxygens (including phenoxy) is 2. The number of hydrogen-bond acceptors (Lipinski definition) is 4. The number of rotatable bonds is 8. The number of methoxy groups -OCH3 is 1. The average Bonchev–Trinajstić information content (AvgIpc) is 3.02. The summed E-state index contributed by atoms with van der Waals surface area (Å²) in [6.45, 7) is 4.71. The quantitative estimate of drug-likeness (QED) is 0.239. The van der Waals surface area contributed by atoms with Gasteiger partial charge in [-0.3, -0.25) is 4.99 Å². The molecule has 6 nitrogen and oxygen atoms in total. The molecule has 0 radical (unpaired) electrons. The molecule has 1 saturated carbocycles. The fraction of sp³-hybridized carbons (Fsp3) is 0.611. The van der Waals surface area contributed by atoms with E-state index in [9.17, 15) is 5.11 Å². The third-order valence-electron chi connectivity index (χ3n) is 4.17. The highest BCUT2D eigenvalue weighted by molar-refractivity contribution is 14.0. The Balaban J connectivity index is 0.00000312. The van der Waals surface area contributed by atoms with E-state index < -0.39 is 0 Å². The Labute approximate surface area is 167 Å². The van der Waals surface area contributed by atoms with Crippen LogP contribution in [-0.2, 0) is 0 Å². The smallest absolute Gasteiger partial charge is 0.191 e. The monoisotopic (exact) mass is 463 g/mol. The van der Waals surface area contributed by atoms with Gasteiger partial charge in [-0.1, -0.05) is 6.42 Å². The fourth-order valence-electron chi connectivity index (χ4n) is 2.79. The van der Waals surface area contributed by atoms with E-state index in [0.29, 0.717) is 19.7 Å². The highest BCUT2D eigenvalue weighted by atomic mass is 127. The van der Waals surface area contributed by atoms with E-state index >= 15 is 0 Å². The van der Waals surface area contributed by atoms with Gasteiger partial charge in [-0.15, -0.1) is 24.0 Å². The molecule has 0 aliphatic heterocycles. The largest absolute Gasteiger partial charge is 0.497 e. The Bertz CT molecular complexity index is 511. The number of aliphatic hydroxyl groups is 1. The number of guanidine groups is 1.